The number of anilines is 1. The molecule has 1 aromatic carbocycles. The summed E-state index contributed by atoms with van der Waals surface area (Å²) in [4.78, 5) is 11.7. The van der Waals surface area contributed by atoms with Crippen LogP contribution in [0.15, 0.2) is 23.1 Å². The molecule has 134 valence electrons. The van der Waals surface area contributed by atoms with Gasteiger partial charge in [-0.3, -0.25) is 15.0 Å². The Balaban J connectivity index is 2.09. The maximum Gasteiger partial charge on any atom is 0.295 e. The first-order valence-corrected chi connectivity index (χ1v) is 8.55. The molecule has 0 aromatic heterocycles. The second-order valence-corrected chi connectivity index (χ2v) is 6.83. The molecule has 1 heterocycles. The molecular formula is C12H17F2N5O4S. The fourth-order valence-corrected chi connectivity index (χ4v) is 2.88. The number of alkyl halides is 2. The Morgan fingerprint density at radius 3 is 2.42 bits per heavy atom. The van der Waals surface area contributed by atoms with E-state index in [1.165, 1.54) is 6.07 Å². The summed E-state index contributed by atoms with van der Waals surface area (Å²) in [6.45, 7) is 1.25. The highest BCUT2D eigenvalue weighted by atomic mass is 32.2. The van der Waals surface area contributed by atoms with Crippen molar-refractivity contribution in [3.8, 4) is 0 Å². The van der Waals surface area contributed by atoms with Gasteiger partial charge in [-0.2, -0.15) is 0 Å². The number of piperazine rings is 1. The third-order valence-electron chi connectivity index (χ3n) is 3.54. The fourth-order valence-electron chi connectivity index (χ4n) is 2.34. The van der Waals surface area contributed by atoms with Crippen LogP contribution in [-0.4, -0.2) is 62.4 Å². The van der Waals surface area contributed by atoms with Crippen molar-refractivity contribution in [2.75, 3.05) is 38.1 Å². The smallest absolute Gasteiger partial charge is 0.295 e. The van der Waals surface area contributed by atoms with Gasteiger partial charge in [0, 0.05) is 32.2 Å². The van der Waals surface area contributed by atoms with Crippen molar-refractivity contribution in [3.05, 3.63) is 28.3 Å². The lowest BCUT2D eigenvalue weighted by molar-refractivity contribution is -0.384. The minimum atomic E-state index is -4.05. The first-order valence-electron chi connectivity index (χ1n) is 7.00. The maximum absolute atomic E-state index is 12.3. The highest BCUT2D eigenvalue weighted by Crippen LogP contribution is 2.27. The summed E-state index contributed by atoms with van der Waals surface area (Å²) >= 11 is 0. The maximum atomic E-state index is 12.3. The average molecular weight is 365 g/mol. The van der Waals surface area contributed by atoms with E-state index in [0.717, 1.165) is 12.1 Å². The number of hydrogen-bond acceptors (Lipinski definition) is 7. The summed E-state index contributed by atoms with van der Waals surface area (Å²) < 4.78 is 47.2. The quantitative estimate of drug-likeness (QED) is 0.554. The van der Waals surface area contributed by atoms with E-state index < -0.39 is 27.1 Å². The minimum Gasteiger partial charge on any atom is -0.313 e. The summed E-state index contributed by atoms with van der Waals surface area (Å²) in [5.74, 6) is 0. The van der Waals surface area contributed by atoms with E-state index in [9.17, 15) is 27.3 Å². The van der Waals surface area contributed by atoms with Crippen LogP contribution in [0, 0.1) is 10.1 Å². The predicted molar refractivity (Wildman–Crippen MR) is 82.1 cm³/mol. The molecule has 0 saturated carbocycles. The number of hydrazine groups is 1. The zero-order valence-electron chi connectivity index (χ0n) is 12.6. The molecular weight excluding hydrogens is 348 g/mol. The summed E-state index contributed by atoms with van der Waals surface area (Å²) in [5.41, 5.74) is 2.50. The fraction of sp³-hybridized carbons (Fsp3) is 0.500. The number of nitrogens with one attached hydrogen (secondary N) is 1. The lowest BCUT2D eigenvalue weighted by Crippen LogP contribution is -2.49. The molecule has 0 atom stereocenters. The van der Waals surface area contributed by atoms with E-state index >= 15 is 0 Å². The second kappa shape index (κ2) is 7.34. The number of hydrogen-bond donors (Lipinski definition) is 2. The van der Waals surface area contributed by atoms with E-state index in [1.54, 1.807) is 9.91 Å². The number of nitro groups is 1. The van der Waals surface area contributed by atoms with E-state index in [2.05, 4.69) is 5.43 Å². The van der Waals surface area contributed by atoms with Crippen molar-refractivity contribution in [1.29, 1.82) is 0 Å². The molecule has 0 unspecified atom stereocenters. The van der Waals surface area contributed by atoms with Crippen molar-refractivity contribution in [2.45, 2.75) is 11.3 Å². The van der Waals surface area contributed by atoms with E-state index in [4.69, 9.17) is 5.14 Å². The normalized spacial score (nSPS) is 17.2. The molecule has 1 aliphatic rings. The van der Waals surface area contributed by atoms with Gasteiger partial charge in [0.1, 0.15) is 5.69 Å². The molecule has 0 amide bonds. The van der Waals surface area contributed by atoms with Crippen LogP contribution in [0.5, 0.6) is 0 Å². The summed E-state index contributed by atoms with van der Waals surface area (Å²) in [6.07, 6.45) is -2.41. The van der Waals surface area contributed by atoms with Gasteiger partial charge in [-0.25, -0.2) is 27.3 Å². The Morgan fingerprint density at radius 1 is 1.29 bits per heavy atom. The van der Waals surface area contributed by atoms with Crippen molar-refractivity contribution in [2.24, 2.45) is 5.14 Å². The number of nitro benzene ring substituents is 1. The van der Waals surface area contributed by atoms with Gasteiger partial charge in [0.2, 0.25) is 10.0 Å². The molecule has 9 nitrogen and oxygen atoms in total. The van der Waals surface area contributed by atoms with Crippen molar-refractivity contribution < 1.29 is 22.1 Å². The molecule has 24 heavy (non-hydrogen) atoms. The Labute approximate surface area is 137 Å². The SMILES string of the molecule is NS(=O)(=O)c1ccc(NN2CCN(CC(F)F)CC2)c([N+](=O)[O-])c1. The Kier molecular flexibility index (Phi) is 5.64. The zero-order chi connectivity index (χ0) is 17.9. The highest BCUT2D eigenvalue weighted by Gasteiger charge is 2.23. The standard InChI is InChI=1S/C12H17F2N5O4S/c13-12(14)8-17-3-5-18(6-4-17)16-10-2-1-9(24(15,22)23)7-11(10)19(20)21/h1-2,7,12,16H,3-6,8H2,(H2,15,22,23). The largest absolute Gasteiger partial charge is 0.313 e. The molecule has 0 spiro atoms. The lowest BCUT2D eigenvalue weighted by atomic mass is 10.2. The molecule has 1 aliphatic heterocycles. The molecule has 3 N–H and O–H groups in total. The summed E-state index contributed by atoms with van der Waals surface area (Å²) in [5, 5.41) is 17.8. The molecule has 0 radical (unpaired) electrons. The number of halogens is 2. The molecule has 1 saturated heterocycles. The molecule has 1 aromatic rings. The van der Waals surface area contributed by atoms with Crippen molar-refractivity contribution in [3.63, 3.8) is 0 Å². The van der Waals surface area contributed by atoms with Gasteiger partial charge >= 0.3 is 0 Å². The Hall–Kier alpha value is -1.89. The molecule has 2 rings (SSSR count). The summed E-state index contributed by atoms with van der Waals surface area (Å²) in [6, 6.07) is 3.30. The van der Waals surface area contributed by atoms with Gasteiger partial charge in [0.25, 0.3) is 12.1 Å². The van der Waals surface area contributed by atoms with Crippen LogP contribution in [0.2, 0.25) is 0 Å². The van der Waals surface area contributed by atoms with E-state index in [1.807, 2.05) is 0 Å². The van der Waals surface area contributed by atoms with Crippen LogP contribution in [0.25, 0.3) is 0 Å². The number of nitrogens with zero attached hydrogens (tertiary/aromatic N) is 3. The third kappa shape index (κ3) is 4.80. The first kappa shape index (κ1) is 18.4. The number of benzene rings is 1. The van der Waals surface area contributed by atoms with Crippen LogP contribution >= 0.6 is 0 Å². The van der Waals surface area contributed by atoms with Crippen molar-refractivity contribution >= 4 is 21.4 Å². The van der Waals surface area contributed by atoms with Gasteiger partial charge < -0.3 is 5.43 Å². The van der Waals surface area contributed by atoms with E-state index in [0.29, 0.717) is 26.2 Å². The van der Waals surface area contributed by atoms with Crippen LogP contribution in [-0.2, 0) is 10.0 Å². The topological polar surface area (TPSA) is 122 Å². The monoisotopic (exact) mass is 365 g/mol. The zero-order valence-corrected chi connectivity index (χ0v) is 13.4. The number of rotatable bonds is 6. The van der Waals surface area contributed by atoms with Gasteiger partial charge in [-0.1, -0.05) is 0 Å². The Bertz CT molecular complexity index is 707. The Morgan fingerprint density at radius 2 is 1.92 bits per heavy atom. The lowest BCUT2D eigenvalue weighted by Gasteiger charge is -2.34. The van der Waals surface area contributed by atoms with Gasteiger partial charge in [-0.05, 0) is 12.1 Å². The predicted octanol–water partition coefficient (Wildman–Crippen LogP) is 0.452. The minimum absolute atomic E-state index is 0.106. The number of primary sulfonamides is 1. The third-order valence-corrected chi connectivity index (χ3v) is 4.45. The van der Waals surface area contributed by atoms with Gasteiger partial charge in [-0.15, -0.1) is 0 Å². The van der Waals surface area contributed by atoms with Crippen LogP contribution < -0.4 is 10.6 Å². The van der Waals surface area contributed by atoms with Crippen LogP contribution in [0.1, 0.15) is 0 Å². The average Bonchev–Trinajstić information content (AvgIpc) is 2.47. The van der Waals surface area contributed by atoms with Gasteiger partial charge in [0.05, 0.1) is 16.4 Å². The van der Waals surface area contributed by atoms with Crippen LogP contribution in [0.3, 0.4) is 0 Å². The second-order valence-electron chi connectivity index (χ2n) is 5.27. The van der Waals surface area contributed by atoms with E-state index in [-0.39, 0.29) is 17.1 Å². The summed E-state index contributed by atoms with van der Waals surface area (Å²) in [7, 11) is -4.05. The first-order chi connectivity index (χ1) is 11.2. The van der Waals surface area contributed by atoms with Crippen molar-refractivity contribution in [1.82, 2.24) is 9.91 Å². The highest BCUT2D eigenvalue weighted by molar-refractivity contribution is 7.89. The number of nitrogens with two attached hydrogens (primary N) is 1. The van der Waals surface area contributed by atoms with Crippen LogP contribution in [0.4, 0.5) is 20.2 Å². The van der Waals surface area contributed by atoms with Gasteiger partial charge in [0.15, 0.2) is 0 Å². The molecule has 12 heteroatoms. The number of sulfonamides is 1. The molecule has 1 fully saturated rings. The molecule has 0 bridgehead atoms. The molecule has 0 aliphatic carbocycles.